The van der Waals surface area contributed by atoms with Gasteiger partial charge >= 0.3 is 0 Å². The molecule has 0 aliphatic carbocycles. The summed E-state index contributed by atoms with van der Waals surface area (Å²) in [6, 6.07) is 12.3. The third kappa shape index (κ3) is 4.36. The molecule has 0 saturated carbocycles. The standard InChI is InChI=1S/C22H22ClN5O2/c1-27-20(29)13-19(15-7-9-24-10-8-15)26-22(27)28-11-3-4-16(14-28)21(30)25-18-6-2-5-17(23)12-18/h2,5-10,12-13,16H,3-4,11,14H2,1H3,(H,25,30). The van der Waals surface area contributed by atoms with Gasteiger partial charge in [-0.2, -0.15) is 0 Å². The van der Waals surface area contributed by atoms with Crippen molar-refractivity contribution in [3.05, 3.63) is 70.2 Å². The van der Waals surface area contributed by atoms with Crippen molar-refractivity contribution in [2.75, 3.05) is 23.3 Å². The number of hydrogen-bond donors (Lipinski definition) is 1. The number of piperidine rings is 1. The Morgan fingerprint density at radius 1 is 1.20 bits per heavy atom. The molecule has 1 unspecified atom stereocenters. The number of nitrogens with zero attached hydrogens (tertiary/aromatic N) is 4. The number of amides is 1. The lowest BCUT2D eigenvalue weighted by Gasteiger charge is -2.33. The normalized spacial score (nSPS) is 16.3. The fourth-order valence-electron chi connectivity index (χ4n) is 3.66. The number of aromatic nitrogens is 3. The first kappa shape index (κ1) is 20.1. The van der Waals surface area contributed by atoms with E-state index in [0.717, 1.165) is 24.9 Å². The molecule has 1 fully saturated rings. The highest BCUT2D eigenvalue weighted by atomic mass is 35.5. The molecule has 1 atom stereocenters. The Morgan fingerprint density at radius 2 is 2.00 bits per heavy atom. The van der Waals surface area contributed by atoms with Gasteiger partial charge in [0.15, 0.2) is 0 Å². The van der Waals surface area contributed by atoms with Crippen molar-refractivity contribution in [3.8, 4) is 11.3 Å². The summed E-state index contributed by atoms with van der Waals surface area (Å²) in [5, 5.41) is 3.52. The highest BCUT2D eigenvalue weighted by Crippen LogP contribution is 2.25. The van der Waals surface area contributed by atoms with Gasteiger partial charge in [-0.3, -0.25) is 19.1 Å². The van der Waals surface area contributed by atoms with E-state index in [4.69, 9.17) is 16.6 Å². The Morgan fingerprint density at radius 3 is 2.77 bits per heavy atom. The minimum Gasteiger partial charge on any atom is -0.341 e. The maximum atomic E-state index is 12.8. The molecule has 1 aliphatic heterocycles. The largest absolute Gasteiger partial charge is 0.341 e. The summed E-state index contributed by atoms with van der Waals surface area (Å²) in [5.74, 6) is 0.297. The molecule has 1 amide bonds. The number of carbonyl (C=O) groups excluding carboxylic acids is 1. The molecule has 0 spiro atoms. The van der Waals surface area contributed by atoms with Gasteiger partial charge in [-0.1, -0.05) is 17.7 Å². The van der Waals surface area contributed by atoms with Crippen LogP contribution in [0.15, 0.2) is 59.7 Å². The zero-order valence-electron chi connectivity index (χ0n) is 16.6. The summed E-state index contributed by atoms with van der Waals surface area (Å²) in [4.78, 5) is 36.1. The van der Waals surface area contributed by atoms with Crippen molar-refractivity contribution >= 4 is 29.1 Å². The molecule has 154 valence electrons. The average molecular weight is 424 g/mol. The topological polar surface area (TPSA) is 80.1 Å². The molecule has 0 bridgehead atoms. The fourth-order valence-corrected chi connectivity index (χ4v) is 3.85. The molecule has 4 rings (SSSR count). The van der Waals surface area contributed by atoms with E-state index < -0.39 is 0 Å². The lowest BCUT2D eigenvalue weighted by atomic mass is 9.97. The average Bonchev–Trinajstić information content (AvgIpc) is 2.76. The predicted octanol–water partition coefficient (Wildman–Crippen LogP) is 3.35. The highest BCUT2D eigenvalue weighted by molar-refractivity contribution is 6.30. The van der Waals surface area contributed by atoms with Crippen LogP contribution in [0, 0.1) is 5.92 Å². The van der Waals surface area contributed by atoms with Gasteiger partial charge in [0, 0.05) is 54.9 Å². The van der Waals surface area contributed by atoms with Crippen LogP contribution in [0.5, 0.6) is 0 Å². The van der Waals surface area contributed by atoms with Crippen LogP contribution in [-0.4, -0.2) is 33.5 Å². The molecule has 8 heteroatoms. The van der Waals surface area contributed by atoms with Gasteiger partial charge < -0.3 is 10.2 Å². The molecule has 0 radical (unpaired) electrons. The number of rotatable bonds is 4. The van der Waals surface area contributed by atoms with Crippen LogP contribution >= 0.6 is 11.6 Å². The number of pyridine rings is 1. The monoisotopic (exact) mass is 423 g/mol. The molecule has 7 nitrogen and oxygen atoms in total. The predicted molar refractivity (Wildman–Crippen MR) is 118 cm³/mol. The minimum absolute atomic E-state index is 0.0581. The van der Waals surface area contributed by atoms with E-state index in [1.165, 1.54) is 10.6 Å². The van der Waals surface area contributed by atoms with E-state index in [-0.39, 0.29) is 17.4 Å². The number of anilines is 2. The van der Waals surface area contributed by atoms with Crippen molar-refractivity contribution < 1.29 is 4.79 Å². The highest BCUT2D eigenvalue weighted by Gasteiger charge is 2.28. The van der Waals surface area contributed by atoms with Crippen molar-refractivity contribution in [3.63, 3.8) is 0 Å². The van der Waals surface area contributed by atoms with E-state index in [0.29, 0.717) is 28.9 Å². The molecule has 2 aromatic heterocycles. The molecule has 1 saturated heterocycles. The number of carbonyl (C=O) groups is 1. The Bertz CT molecular complexity index is 1120. The second kappa shape index (κ2) is 8.67. The van der Waals surface area contributed by atoms with Crippen LogP contribution in [-0.2, 0) is 11.8 Å². The maximum Gasteiger partial charge on any atom is 0.255 e. The molecular formula is C22H22ClN5O2. The fraction of sp³-hybridized carbons (Fsp3) is 0.273. The van der Waals surface area contributed by atoms with E-state index in [2.05, 4.69) is 10.3 Å². The summed E-state index contributed by atoms with van der Waals surface area (Å²) < 4.78 is 1.53. The third-order valence-electron chi connectivity index (χ3n) is 5.25. The van der Waals surface area contributed by atoms with Crippen LogP contribution < -0.4 is 15.8 Å². The van der Waals surface area contributed by atoms with E-state index in [1.807, 2.05) is 23.1 Å². The van der Waals surface area contributed by atoms with Gasteiger partial charge in [0.25, 0.3) is 5.56 Å². The number of benzene rings is 1. The second-order valence-electron chi connectivity index (χ2n) is 7.36. The smallest absolute Gasteiger partial charge is 0.255 e. The molecule has 1 N–H and O–H groups in total. The van der Waals surface area contributed by atoms with Crippen LogP contribution in [0.1, 0.15) is 12.8 Å². The van der Waals surface area contributed by atoms with Gasteiger partial charge in [0.05, 0.1) is 11.6 Å². The van der Waals surface area contributed by atoms with Gasteiger partial charge in [-0.05, 0) is 43.2 Å². The lowest BCUT2D eigenvalue weighted by molar-refractivity contribution is -0.120. The van der Waals surface area contributed by atoms with Crippen molar-refractivity contribution in [2.24, 2.45) is 13.0 Å². The Kier molecular flexibility index (Phi) is 5.81. The Labute approximate surface area is 179 Å². The number of halogens is 1. The Balaban J connectivity index is 1.56. The van der Waals surface area contributed by atoms with Crippen molar-refractivity contribution in [2.45, 2.75) is 12.8 Å². The first-order chi connectivity index (χ1) is 14.5. The van der Waals surface area contributed by atoms with Gasteiger partial charge in [0.1, 0.15) is 0 Å². The minimum atomic E-state index is -0.209. The van der Waals surface area contributed by atoms with Crippen LogP contribution in [0.4, 0.5) is 11.6 Å². The molecule has 1 aromatic carbocycles. The molecule has 3 aromatic rings. The van der Waals surface area contributed by atoms with Crippen molar-refractivity contribution in [1.29, 1.82) is 0 Å². The maximum absolute atomic E-state index is 12.8. The Hall–Kier alpha value is -3.19. The van der Waals surface area contributed by atoms with Gasteiger partial charge in [-0.15, -0.1) is 0 Å². The van der Waals surface area contributed by atoms with Crippen LogP contribution in [0.2, 0.25) is 5.02 Å². The number of nitrogens with one attached hydrogen (secondary N) is 1. The van der Waals surface area contributed by atoms with Crippen LogP contribution in [0.3, 0.4) is 0 Å². The lowest BCUT2D eigenvalue weighted by Crippen LogP contribution is -2.43. The van der Waals surface area contributed by atoms with Gasteiger partial charge in [-0.25, -0.2) is 4.98 Å². The molecular weight excluding hydrogens is 402 g/mol. The molecule has 30 heavy (non-hydrogen) atoms. The SMILES string of the molecule is Cn1c(N2CCCC(C(=O)Nc3cccc(Cl)c3)C2)nc(-c2ccncc2)cc1=O. The summed E-state index contributed by atoms with van der Waals surface area (Å²) >= 11 is 6.01. The second-order valence-corrected chi connectivity index (χ2v) is 7.80. The van der Waals surface area contributed by atoms with Crippen LogP contribution in [0.25, 0.3) is 11.3 Å². The quantitative estimate of drug-likeness (QED) is 0.696. The molecule has 3 heterocycles. The van der Waals surface area contributed by atoms with E-state index in [1.54, 1.807) is 37.6 Å². The summed E-state index contributed by atoms with van der Waals surface area (Å²) in [5.41, 5.74) is 1.96. The van der Waals surface area contributed by atoms with E-state index >= 15 is 0 Å². The van der Waals surface area contributed by atoms with Crippen molar-refractivity contribution in [1.82, 2.24) is 14.5 Å². The van der Waals surface area contributed by atoms with E-state index in [9.17, 15) is 9.59 Å². The van der Waals surface area contributed by atoms with Gasteiger partial charge in [0.2, 0.25) is 11.9 Å². The molecule has 1 aliphatic rings. The first-order valence-electron chi connectivity index (χ1n) is 9.81. The summed E-state index contributed by atoms with van der Waals surface area (Å²) in [6.07, 6.45) is 4.96. The first-order valence-corrected chi connectivity index (χ1v) is 10.2. The zero-order chi connectivity index (χ0) is 21.1. The summed E-state index contributed by atoms with van der Waals surface area (Å²) in [6.45, 7) is 1.23. The third-order valence-corrected chi connectivity index (χ3v) is 5.49. The number of hydrogen-bond acceptors (Lipinski definition) is 5. The zero-order valence-corrected chi connectivity index (χ0v) is 17.3. The summed E-state index contributed by atoms with van der Waals surface area (Å²) in [7, 11) is 1.71.